The third kappa shape index (κ3) is 4.60. The first-order valence-electron chi connectivity index (χ1n) is 8.41. The van der Waals surface area contributed by atoms with E-state index >= 15 is 0 Å². The summed E-state index contributed by atoms with van der Waals surface area (Å²) in [5.41, 5.74) is 3.37. The van der Waals surface area contributed by atoms with Crippen LogP contribution in [0.2, 0.25) is 0 Å². The van der Waals surface area contributed by atoms with E-state index in [0.717, 1.165) is 16.3 Å². The van der Waals surface area contributed by atoms with Crippen LogP contribution in [0.25, 0.3) is 10.8 Å². The Morgan fingerprint density at radius 1 is 0.962 bits per heavy atom. The first kappa shape index (κ1) is 17.5. The number of benzene rings is 3. The zero-order chi connectivity index (χ0) is 18.2. The molecule has 0 aliphatic heterocycles. The molecular weight excluding hydrogens is 328 g/mol. The standard InChI is InChI=1S/C21H20N2O3/c1-2-25-19-9-5-6-10-20(19)26-15-21(24)23-22-14-16-11-12-17-7-3-4-8-18(17)13-16/h3-14H,2,15H2,1H3,(H,23,24)/b22-14-. The number of hydrogen-bond donors (Lipinski definition) is 1. The predicted molar refractivity (Wildman–Crippen MR) is 103 cm³/mol. The monoisotopic (exact) mass is 348 g/mol. The van der Waals surface area contributed by atoms with Gasteiger partial charge in [0.15, 0.2) is 18.1 Å². The van der Waals surface area contributed by atoms with Gasteiger partial charge in [-0.3, -0.25) is 4.79 Å². The van der Waals surface area contributed by atoms with Crippen LogP contribution in [0.15, 0.2) is 71.8 Å². The van der Waals surface area contributed by atoms with Gasteiger partial charge in [0.25, 0.3) is 5.91 Å². The second-order valence-corrected chi connectivity index (χ2v) is 5.57. The Hall–Kier alpha value is -3.34. The van der Waals surface area contributed by atoms with Crippen molar-refractivity contribution in [3.8, 4) is 11.5 Å². The number of hydrogen-bond acceptors (Lipinski definition) is 4. The number of fused-ring (bicyclic) bond motifs is 1. The second-order valence-electron chi connectivity index (χ2n) is 5.57. The van der Waals surface area contributed by atoms with Gasteiger partial charge in [0.2, 0.25) is 0 Å². The Kier molecular flexibility index (Phi) is 5.83. The number of rotatable bonds is 7. The molecule has 0 fully saturated rings. The van der Waals surface area contributed by atoms with Crippen LogP contribution in [0, 0.1) is 0 Å². The molecule has 26 heavy (non-hydrogen) atoms. The Balaban J connectivity index is 1.54. The Morgan fingerprint density at radius 3 is 2.42 bits per heavy atom. The average Bonchev–Trinajstić information content (AvgIpc) is 2.67. The Bertz CT molecular complexity index is 922. The molecule has 1 amide bonds. The van der Waals surface area contributed by atoms with Gasteiger partial charge in [-0.25, -0.2) is 5.43 Å². The summed E-state index contributed by atoms with van der Waals surface area (Å²) in [5, 5.41) is 6.27. The summed E-state index contributed by atoms with van der Waals surface area (Å²) in [6.07, 6.45) is 1.61. The average molecular weight is 348 g/mol. The lowest BCUT2D eigenvalue weighted by atomic mass is 10.1. The van der Waals surface area contributed by atoms with Crippen LogP contribution >= 0.6 is 0 Å². The Morgan fingerprint density at radius 2 is 1.65 bits per heavy atom. The van der Waals surface area contributed by atoms with Gasteiger partial charge in [0, 0.05) is 0 Å². The summed E-state index contributed by atoms with van der Waals surface area (Å²) in [5.74, 6) is 0.804. The molecule has 0 bridgehead atoms. The van der Waals surface area contributed by atoms with E-state index in [1.807, 2.05) is 55.5 Å². The highest BCUT2D eigenvalue weighted by Crippen LogP contribution is 2.26. The van der Waals surface area contributed by atoms with Crippen molar-refractivity contribution < 1.29 is 14.3 Å². The molecule has 3 aromatic carbocycles. The summed E-state index contributed by atoms with van der Waals surface area (Å²) in [6, 6.07) is 21.3. The van der Waals surface area contributed by atoms with Gasteiger partial charge < -0.3 is 9.47 Å². The molecule has 0 saturated heterocycles. The molecule has 0 heterocycles. The molecule has 5 nitrogen and oxygen atoms in total. The second kappa shape index (κ2) is 8.67. The number of carbonyl (C=O) groups is 1. The molecule has 0 aromatic heterocycles. The minimum absolute atomic E-state index is 0.140. The van der Waals surface area contributed by atoms with Gasteiger partial charge in [-0.05, 0) is 41.5 Å². The fourth-order valence-corrected chi connectivity index (χ4v) is 2.49. The maximum absolute atomic E-state index is 11.9. The molecule has 3 aromatic rings. The molecular formula is C21H20N2O3. The SMILES string of the molecule is CCOc1ccccc1OCC(=O)N/N=C\c1ccc2ccccc2c1. The van der Waals surface area contributed by atoms with E-state index in [0.29, 0.717) is 18.1 Å². The zero-order valence-electron chi connectivity index (χ0n) is 14.5. The summed E-state index contributed by atoms with van der Waals surface area (Å²) >= 11 is 0. The van der Waals surface area contributed by atoms with Gasteiger partial charge in [0.05, 0.1) is 12.8 Å². The van der Waals surface area contributed by atoms with Crippen LogP contribution in [-0.2, 0) is 4.79 Å². The third-order valence-electron chi connectivity index (χ3n) is 3.68. The molecule has 0 aliphatic rings. The molecule has 5 heteroatoms. The van der Waals surface area contributed by atoms with E-state index in [9.17, 15) is 4.79 Å². The topological polar surface area (TPSA) is 59.9 Å². The summed E-state index contributed by atoms with van der Waals surface area (Å²) in [6.45, 7) is 2.28. The normalized spacial score (nSPS) is 10.8. The van der Waals surface area contributed by atoms with Gasteiger partial charge in [0.1, 0.15) is 0 Å². The number of carbonyl (C=O) groups excluding carboxylic acids is 1. The first-order valence-corrected chi connectivity index (χ1v) is 8.41. The third-order valence-corrected chi connectivity index (χ3v) is 3.68. The van der Waals surface area contributed by atoms with Gasteiger partial charge in [-0.15, -0.1) is 0 Å². The van der Waals surface area contributed by atoms with Crippen LogP contribution < -0.4 is 14.9 Å². The van der Waals surface area contributed by atoms with Crippen LogP contribution in [0.3, 0.4) is 0 Å². The quantitative estimate of drug-likeness (QED) is 0.522. The fraction of sp³-hybridized carbons (Fsp3) is 0.143. The minimum atomic E-state index is -0.339. The highest BCUT2D eigenvalue weighted by Gasteiger charge is 2.06. The molecule has 0 aliphatic carbocycles. The number of nitrogens with one attached hydrogen (secondary N) is 1. The lowest BCUT2D eigenvalue weighted by Crippen LogP contribution is -2.24. The van der Waals surface area contributed by atoms with Crippen molar-refractivity contribution in [1.29, 1.82) is 0 Å². The van der Waals surface area contributed by atoms with Crippen LogP contribution in [0.4, 0.5) is 0 Å². The number of amides is 1. The van der Waals surface area contributed by atoms with Crippen molar-refractivity contribution in [3.63, 3.8) is 0 Å². The number of ether oxygens (including phenoxy) is 2. The maximum atomic E-state index is 11.9. The van der Waals surface area contributed by atoms with Crippen LogP contribution in [0.1, 0.15) is 12.5 Å². The molecule has 132 valence electrons. The summed E-state index contributed by atoms with van der Waals surface area (Å²) in [4.78, 5) is 11.9. The smallest absolute Gasteiger partial charge is 0.277 e. The highest BCUT2D eigenvalue weighted by atomic mass is 16.5. The van der Waals surface area contributed by atoms with Crippen molar-refractivity contribution in [2.75, 3.05) is 13.2 Å². The minimum Gasteiger partial charge on any atom is -0.490 e. The number of para-hydroxylation sites is 2. The molecule has 0 unspecified atom stereocenters. The fourth-order valence-electron chi connectivity index (χ4n) is 2.49. The largest absolute Gasteiger partial charge is 0.490 e. The van der Waals surface area contributed by atoms with E-state index in [1.54, 1.807) is 18.3 Å². The molecule has 0 atom stereocenters. The number of nitrogens with zero attached hydrogens (tertiary/aromatic N) is 1. The highest BCUT2D eigenvalue weighted by molar-refractivity contribution is 5.90. The van der Waals surface area contributed by atoms with Crippen molar-refractivity contribution in [2.24, 2.45) is 5.10 Å². The van der Waals surface area contributed by atoms with Crippen LogP contribution in [0.5, 0.6) is 11.5 Å². The van der Waals surface area contributed by atoms with E-state index in [-0.39, 0.29) is 12.5 Å². The van der Waals surface area contributed by atoms with Crippen molar-refractivity contribution in [2.45, 2.75) is 6.92 Å². The van der Waals surface area contributed by atoms with Crippen LogP contribution in [-0.4, -0.2) is 25.3 Å². The molecule has 3 rings (SSSR count). The predicted octanol–water partition coefficient (Wildman–Crippen LogP) is 3.77. The number of hydrazone groups is 1. The summed E-state index contributed by atoms with van der Waals surface area (Å²) < 4.78 is 11.0. The lowest BCUT2D eigenvalue weighted by Gasteiger charge is -2.10. The van der Waals surface area contributed by atoms with Crippen molar-refractivity contribution in [1.82, 2.24) is 5.43 Å². The van der Waals surface area contributed by atoms with Gasteiger partial charge >= 0.3 is 0 Å². The molecule has 1 N–H and O–H groups in total. The summed E-state index contributed by atoms with van der Waals surface area (Å²) in [7, 11) is 0. The molecule has 0 spiro atoms. The van der Waals surface area contributed by atoms with E-state index < -0.39 is 0 Å². The van der Waals surface area contributed by atoms with Gasteiger partial charge in [-0.1, -0.05) is 48.5 Å². The Labute approximate surface area is 152 Å². The lowest BCUT2D eigenvalue weighted by molar-refractivity contribution is -0.123. The van der Waals surface area contributed by atoms with E-state index in [2.05, 4.69) is 16.6 Å². The van der Waals surface area contributed by atoms with Crippen molar-refractivity contribution >= 4 is 22.9 Å². The van der Waals surface area contributed by atoms with Gasteiger partial charge in [-0.2, -0.15) is 5.10 Å². The first-order chi connectivity index (χ1) is 12.8. The maximum Gasteiger partial charge on any atom is 0.277 e. The molecule has 0 radical (unpaired) electrons. The van der Waals surface area contributed by atoms with E-state index in [4.69, 9.17) is 9.47 Å². The van der Waals surface area contributed by atoms with E-state index in [1.165, 1.54) is 0 Å². The zero-order valence-corrected chi connectivity index (χ0v) is 14.5. The molecule has 0 saturated carbocycles. The van der Waals surface area contributed by atoms with Crippen molar-refractivity contribution in [3.05, 3.63) is 72.3 Å².